The Kier molecular flexibility index (Phi) is 3.98. The van der Waals surface area contributed by atoms with Crippen LogP contribution < -0.4 is 5.32 Å². The first-order valence-corrected chi connectivity index (χ1v) is 8.40. The Labute approximate surface area is 126 Å². The summed E-state index contributed by atoms with van der Waals surface area (Å²) in [5.41, 5.74) is 2.27. The Hall–Kier alpha value is -1.07. The fourth-order valence-corrected chi connectivity index (χ4v) is 4.44. The number of rotatable bonds is 3. The second-order valence-corrected chi connectivity index (χ2v) is 6.68. The molecule has 3 rings (SSSR count). The maximum absolute atomic E-state index is 12.8. The second kappa shape index (κ2) is 5.74. The highest BCUT2D eigenvalue weighted by Gasteiger charge is 2.30. The largest absolute Gasteiger partial charge is 0.379 e. The van der Waals surface area contributed by atoms with Crippen molar-refractivity contribution in [3.8, 4) is 0 Å². The smallest absolute Gasteiger partial charge is 0.257 e. The third-order valence-electron chi connectivity index (χ3n) is 4.42. The zero-order chi connectivity index (χ0) is 14.1. The highest BCUT2D eigenvalue weighted by Crippen LogP contribution is 2.37. The average Bonchev–Trinajstić information content (AvgIpc) is 3.12. The van der Waals surface area contributed by atoms with E-state index in [0.717, 1.165) is 62.6 Å². The van der Waals surface area contributed by atoms with Crippen molar-refractivity contribution < 1.29 is 6.22 Å². The molecule has 20 heavy (non-hydrogen) atoms. The lowest BCUT2D eigenvalue weighted by molar-refractivity contribution is 0.0792. The van der Waals surface area contributed by atoms with Gasteiger partial charge in [0.1, 0.15) is 5.00 Å². The van der Waals surface area contributed by atoms with Crippen molar-refractivity contribution in [3.05, 3.63) is 16.0 Å². The van der Waals surface area contributed by atoms with Crippen molar-refractivity contribution in [2.75, 3.05) is 38.5 Å². The maximum Gasteiger partial charge on any atom is 0.257 e. The zero-order valence-electron chi connectivity index (χ0n) is 12.4. The van der Waals surface area contributed by atoms with Crippen LogP contribution in [0.4, 0.5) is 5.00 Å². The third-order valence-corrected chi connectivity index (χ3v) is 5.65. The fourth-order valence-electron chi connectivity index (χ4n) is 3.21. The van der Waals surface area contributed by atoms with Crippen molar-refractivity contribution in [1.82, 2.24) is 9.80 Å². The number of fused-ring (bicyclic) bond motifs is 1. The molecule has 2 aliphatic rings. The lowest BCUT2D eigenvalue weighted by Gasteiger charge is -2.26. The van der Waals surface area contributed by atoms with Gasteiger partial charge in [0.2, 0.25) is 0 Å². The average molecular weight is 295 g/mol. The van der Waals surface area contributed by atoms with E-state index < -0.39 is 0 Å². The minimum atomic E-state index is 0. The SMILES string of the molecule is CCN1CCc2c(sc(NC)c2C(=O)N2CCCC2)C1.[HH]. The predicted molar refractivity (Wildman–Crippen MR) is 85.8 cm³/mol. The van der Waals surface area contributed by atoms with Crippen LogP contribution >= 0.6 is 11.3 Å². The first-order valence-electron chi connectivity index (χ1n) is 7.58. The number of thiophene rings is 1. The molecule has 0 radical (unpaired) electrons. The molecule has 1 fully saturated rings. The summed E-state index contributed by atoms with van der Waals surface area (Å²) in [6, 6.07) is 0. The lowest BCUT2D eigenvalue weighted by Crippen LogP contribution is -2.32. The van der Waals surface area contributed by atoms with E-state index in [1.54, 1.807) is 11.3 Å². The summed E-state index contributed by atoms with van der Waals surface area (Å²) < 4.78 is 0. The van der Waals surface area contributed by atoms with Gasteiger partial charge in [-0.3, -0.25) is 9.69 Å². The number of hydrogen-bond donors (Lipinski definition) is 1. The maximum atomic E-state index is 12.8. The van der Waals surface area contributed by atoms with E-state index in [0.29, 0.717) is 0 Å². The molecule has 0 atom stereocenters. The molecule has 1 saturated heterocycles. The summed E-state index contributed by atoms with van der Waals surface area (Å²) in [5.74, 6) is 0.245. The van der Waals surface area contributed by atoms with Crippen LogP contribution in [0.1, 0.15) is 42.0 Å². The number of carbonyl (C=O) groups is 1. The molecule has 112 valence electrons. The summed E-state index contributed by atoms with van der Waals surface area (Å²) in [7, 11) is 1.93. The van der Waals surface area contributed by atoms with E-state index in [9.17, 15) is 4.79 Å². The molecule has 2 aliphatic heterocycles. The molecule has 0 bridgehead atoms. The Morgan fingerprint density at radius 3 is 2.75 bits per heavy atom. The molecular weight excluding hydrogens is 270 g/mol. The molecule has 4 nitrogen and oxygen atoms in total. The topological polar surface area (TPSA) is 35.6 Å². The summed E-state index contributed by atoms with van der Waals surface area (Å²) >= 11 is 1.77. The Bertz CT molecular complexity index is 511. The van der Waals surface area contributed by atoms with Gasteiger partial charge >= 0.3 is 0 Å². The summed E-state index contributed by atoms with van der Waals surface area (Å²) in [4.78, 5) is 18.6. The minimum absolute atomic E-state index is 0. The van der Waals surface area contributed by atoms with Gasteiger partial charge < -0.3 is 10.2 Å². The molecule has 3 heterocycles. The second-order valence-electron chi connectivity index (χ2n) is 5.58. The third kappa shape index (κ3) is 2.33. The van der Waals surface area contributed by atoms with Crippen LogP contribution in [-0.4, -0.2) is 48.9 Å². The van der Waals surface area contributed by atoms with Crippen molar-refractivity contribution in [3.63, 3.8) is 0 Å². The molecule has 1 N–H and O–H groups in total. The zero-order valence-corrected chi connectivity index (χ0v) is 13.2. The number of carbonyl (C=O) groups excluding carboxylic acids is 1. The van der Waals surface area contributed by atoms with E-state index in [2.05, 4.69) is 17.1 Å². The highest BCUT2D eigenvalue weighted by molar-refractivity contribution is 7.16. The van der Waals surface area contributed by atoms with E-state index in [1.165, 1.54) is 10.4 Å². The standard InChI is InChI=1S/C15H23N3OS.H2/c1-3-17-9-6-11-12(10-17)20-14(16-2)13(11)15(19)18-7-4-5-8-18;/h16H,3-10H2,1-2H3;1H. The van der Waals surface area contributed by atoms with Gasteiger partial charge in [0, 0.05) is 39.5 Å². The van der Waals surface area contributed by atoms with E-state index in [4.69, 9.17) is 0 Å². The van der Waals surface area contributed by atoms with Gasteiger partial charge in [-0.05, 0) is 31.4 Å². The first kappa shape index (κ1) is 13.9. The van der Waals surface area contributed by atoms with Crippen LogP contribution in [0.5, 0.6) is 0 Å². The minimum Gasteiger partial charge on any atom is -0.379 e. The molecule has 0 aliphatic carbocycles. The van der Waals surface area contributed by atoms with E-state index >= 15 is 0 Å². The van der Waals surface area contributed by atoms with Crippen molar-refractivity contribution in [2.45, 2.75) is 32.7 Å². The number of anilines is 1. The van der Waals surface area contributed by atoms with Gasteiger partial charge in [0.15, 0.2) is 0 Å². The number of nitrogens with one attached hydrogen (secondary N) is 1. The Morgan fingerprint density at radius 2 is 2.10 bits per heavy atom. The van der Waals surface area contributed by atoms with Gasteiger partial charge in [-0.25, -0.2) is 0 Å². The number of likely N-dealkylation sites (tertiary alicyclic amines) is 1. The molecule has 0 spiro atoms. The summed E-state index contributed by atoms with van der Waals surface area (Å²) in [6.45, 7) is 7.21. The van der Waals surface area contributed by atoms with Crippen LogP contribution in [0, 0.1) is 0 Å². The van der Waals surface area contributed by atoms with Crippen molar-refractivity contribution in [1.29, 1.82) is 0 Å². The van der Waals surface area contributed by atoms with Crippen LogP contribution in [0.2, 0.25) is 0 Å². The van der Waals surface area contributed by atoms with Crippen LogP contribution in [-0.2, 0) is 13.0 Å². The molecule has 0 aromatic carbocycles. The molecule has 1 aromatic heterocycles. The van der Waals surface area contributed by atoms with Crippen molar-refractivity contribution >= 4 is 22.2 Å². The predicted octanol–water partition coefficient (Wildman–Crippen LogP) is 2.65. The number of hydrogen-bond acceptors (Lipinski definition) is 4. The fraction of sp³-hybridized carbons (Fsp3) is 0.667. The van der Waals surface area contributed by atoms with E-state index in [-0.39, 0.29) is 7.33 Å². The van der Waals surface area contributed by atoms with Crippen LogP contribution in [0.15, 0.2) is 0 Å². The van der Waals surface area contributed by atoms with Crippen LogP contribution in [0.3, 0.4) is 0 Å². The lowest BCUT2D eigenvalue weighted by atomic mass is 10.0. The number of likely N-dealkylation sites (N-methyl/N-ethyl adjacent to an activating group) is 1. The van der Waals surface area contributed by atoms with Crippen molar-refractivity contribution in [2.24, 2.45) is 0 Å². The highest BCUT2D eigenvalue weighted by atomic mass is 32.1. The van der Waals surface area contributed by atoms with Gasteiger partial charge in [-0.15, -0.1) is 11.3 Å². The first-order chi connectivity index (χ1) is 9.74. The van der Waals surface area contributed by atoms with Gasteiger partial charge in [-0.2, -0.15) is 0 Å². The Balaban J connectivity index is 0.00000161. The van der Waals surface area contributed by atoms with Gasteiger partial charge in [-0.1, -0.05) is 6.92 Å². The number of amides is 1. The number of nitrogens with zero attached hydrogens (tertiary/aromatic N) is 2. The molecular formula is C15H25N3OS. The molecule has 0 saturated carbocycles. The van der Waals surface area contributed by atoms with Gasteiger partial charge in [0.25, 0.3) is 5.91 Å². The monoisotopic (exact) mass is 295 g/mol. The normalized spacial score (nSPS) is 19.2. The quantitative estimate of drug-likeness (QED) is 0.931. The van der Waals surface area contributed by atoms with Crippen LogP contribution in [0.25, 0.3) is 0 Å². The molecule has 1 aromatic rings. The van der Waals surface area contributed by atoms with E-state index in [1.807, 2.05) is 11.9 Å². The summed E-state index contributed by atoms with van der Waals surface area (Å²) in [5, 5.41) is 4.30. The molecule has 1 amide bonds. The molecule has 5 heteroatoms. The summed E-state index contributed by atoms with van der Waals surface area (Å²) in [6.07, 6.45) is 3.31. The molecule has 0 unspecified atom stereocenters. The van der Waals surface area contributed by atoms with Gasteiger partial charge in [0.05, 0.1) is 5.56 Å². The Morgan fingerprint density at radius 1 is 1.35 bits per heavy atom.